The number of H-pyrrole nitrogens is 1. The Labute approximate surface area is 228 Å². The molecule has 2 aliphatic rings. The average molecular weight is 553 g/mol. The van der Waals surface area contributed by atoms with E-state index in [4.69, 9.17) is 26.1 Å². The Bertz CT molecular complexity index is 1560. The second kappa shape index (κ2) is 10.8. The molecule has 5 heterocycles. The van der Waals surface area contributed by atoms with Gasteiger partial charge in [0.05, 0.1) is 24.7 Å². The Kier molecular flexibility index (Phi) is 7.03. The van der Waals surface area contributed by atoms with Crippen LogP contribution in [-0.2, 0) is 24.4 Å². The molecule has 2 aliphatic heterocycles. The van der Waals surface area contributed by atoms with Gasteiger partial charge in [-0.3, -0.25) is 4.90 Å². The highest BCUT2D eigenvalue weighted by molar-refractivity contribution is 6.30. The first kappa shape index (κ1) is 25.5. The van der Waals surface area contributed by atoms with E-state index in [1.165, 1.54) is 6.07 Å². The maximum Gasteiger partial charge on any atom is 0.352 e. The lowest BCUT2D eigenvalue weighted by atomic mass is 10.1. The zero-order valence-electron chi connectivity index (χ0n) is 20.9. The van der Waals surface area contributed by atoms with Gasteiger partial charge in [0, 0.05) is 42.5 Å². The molecule has 202 valence electrons. The van der Waals surface area contributed by atoms with Gasteiger partial charge in [-0.15, -0.1) is 0 Å². The second-order valence-corrected chi connectivity index (χ2v) is 10.0. The van der Waals surface area contributed by atoms with E-state index in [-0.39, 0.29) is 18.4 Å². The van der Waals surface area contributed by atoms with Crippen LogP contribution in [0.2, 0.25) is 5.02 Å². The molecule has 6 rings (SSSR count). The number of halogens is 2. The summed E-state index contributed by atoms with van der Waals surface area (Å²) in [6.07, 6.45) is 5.55. The third-order valence-corrected chi connectivity index (χ3v) is 7.23. The summed E-state index contributed by atoms with van der Waals surface area (Å²) in [7, 11) is 0. The van der Waals surface area contributed by atoms with Crippen molar-refractivity contribution in [1.29, 1.82) is 0 Å². The molecule has 1 fully saturated rings. The number of benzene rings is 1. The topological polar surface area (TPSA) is 118 Å². The first-order valence-electron chi connectivity index (χ1n) is 12.7. The first-order chi connectivity index (χ1) is 18.9. The molecule has 10 nitrogen and oxygen atoms in total. The average Bonchev–Trinajstić information content (AvgIpc) is 3.45. The molecule has 1 aromatic carbocycles. The van der Waals surface area contributed by atoms with Crippen molar-refractivity contribution in [2.45, 2.75) is 38.6 Å². The molecule has 39 heavy (non-hydrogen) atoms. The molecule has 0 bridgehead atoms. The number of ether oxygens (including phenoxy) is 2. The lowest BCUT2D eigenvalue weighted by Gasteiger charge is -2.29. The number of aromatic amines is 1. The van der Waals surface area contributed by atoms with Crippen molar-refractivity contribution >= 4 is 34.3 Å². The monoisotopic (exact) mass is 552 g/mol. The summed E-state index contributed by atoms with van der Waals surface area (Å²) < 4.78 is 27.5. The molecule has 2 N–H and O–H groups in total. The van der Waals surface area contributed by atoms with E-state index in [1.54, 1.807) is 30.5 Å². The quantitative estimate of drug-likeness (QED) is 0.315. The van der Waals surface area contributed by atoms with Crippen LogP contribution in [0.25, 0.3) is 16.7 Å². The van der Waals surface area contributed by atoms with Crippen molar-refractivity contribution in [2.24, 2.45) is 0 Å². The van der Waals surface area contributed by atoms with Crippen LogP contribution < -0.4 is 4.74 Å². The minimum Gasteiger partial charge on any atom is -0.477 e. The van der Waals surface area contributed by atoms with Gasteiger partial charge in [0.1, 0.15) is 23.9 Å². The van der Waals surface area contributed by atoms with Gasteiger partial charge in [-0.25, -0.2) is 19.2 Å². The number of hydrogen-bond acceptors (Lipinski definition) is 7. The minimum absolute atomic E-state index is 0.0345. The van der Waals surface area contributed by atoms with Crippen LogP contribution in [0.3, 0.4) is 0 Å². The Morgan fingerprint density at radius 2 is 2.15 bits per heavy atom. The zero-order valence-corrected chi connectivity index (χ0v) is 21.7. The molecule has 0 aliphatic carbocycles. The molecule has 0 amide bonds. The molecule has 0 spiro atoms. The fourth-order valence-electron chi connectivity index (χ4n) is 4.75. The van der Waals surface area contributed by atoms with Crippen LogP contribution in [0.15, 0.2) is 42.6 Å². The third kappa shape index (κ3) is 5.51. The number of carbonyl (C=O) groups is 1. The third-order valence-electron chi connectivity index (χ3n) is 7.00. The molecule has 4 aromatic rings. The maximum atomic E-state index is 14.1. The highest BCUT2D eigenvalue weighted by atomic mass is 35.5. The predicted molar refractivity (Wildman–Crippen MR) is 141 cm³/mol. The molecule has 0 unspecified atom stereocenters. The van der Waals surface area contributed by atoms with Gasteiger partial charge in [0.2, 0.25) is 5.88 Å². The molecule has 1 atom stereocenters. The van der Waals surface area contributed by atoms with E-state index in [0.29, 0.717) is 47.6 Å². The molecule has 3 aromatic heterocycles. The molecule has 0 radical (unpaired) electrons. The predicted octanol–water partition coefficient (Wildman–Crippen LogP) is 4.30. The second-order valence-electron chi connectivity index (χ2n) is 9.60. The smallest absolute Gasteiger partial charge is 0.352 e. The van der Waals surface area contributed by atoms with Crippen molar-refractivity contribution in [1.82, 2.24) is 29.4 Å². The van der Waals surface area contributed by atoms with Crippen LogP contribution in [0, 0.1) is 5.82 Å². The number of carboxylic acid groups (broad SMARTS) is 1. The number of hydrogen-bond donors (Lipinski definition) is 2. The van der Waals surface area contributed by atoms with E-state index < -0.39 is 11.8 Å². The Balaban J connectivity index is 1.13. The Morgan fingerprint density at radius 3 is 2.87 bits per heavy atom. The highest BCUT2D eigenvalue weighted by Gasteiger charge is 2.25. The van der Waals surface area contributed by atoms with Gasteiger partial charge in [-0.05, 0) is 36.6 Å². The van der Waals surface area contributed by atoms with Crippen molar-refractivity contribution in [3.63, 3.8) is 0 Å². The number of rotatable bonds is 9. The number of nitrogens with zero attached hydrogens (tertiary/aromatic N) is 5. The first-order valence-corrected chi connectivity index (χ1v) is 13.1. The van der Waals surface area contributed by atoms with Crippen molar-refractivity contribution in [3.05, 3.63) is 76.4 Å². The molecule has 0 saturated carbocycles. The molecular formula is C27H26ClFN6O4. The van der Waals surface area contributed by atoms with Crippen molar-refractivity contribution in [2.75, 3.05) is 19.7 Å². The van der Waals surface area contributed by atoms with Crippen molar-refractivity contribution in [3.8, 4) is 5.88 Å². The molecule has 1 saturated heterocycles. The van der Waals surface area contributed by atoms with Crippen LogP contribution in [-0.4, -0.2) is 66.3 Å². The standard InChI is InChI=1S/C27H26ClFN6O4/c28-18-2-1-17(20(29)11-18)15-39-24-3-7-30-25(33-24)16-4-8-34(9-5-16)14-23-32-26-22(12-21(31-26)27(36)37)35(23)13-19-6-10-38-19/h1-4,7,11-12,19,31H,5-6,8-10,13-15H2,(H,36,37)/t19-/m0/s1. The SMILES string of the molecule is O=C(O)c1cc2c(nc(CN3CC=C(c4nccc(OCc5ccc(Cl)cc5F)n4)CC3)n2C[C@@H]2CCO2)[nH]1. The van der Waals surface area contributed by atoms with Gasteiger partial charge >= 0.3 is 5.97 Å². The van der Waals surface area contributed by atoms with Crippen molar-refractivity contribution < 1.29 is 23.8 Å². The van der Waals surface area contributed by atoms with E-state index in [0.717, 1.165) is 42.9 Å². The summed E-state index contributed by atoms with van der Waals surface area (Å²) in [6, 6.07) is 7.75. The fourth-order valence-corrected chi connectivity index (χ4v) is 4.91. The minimum atomic E-state index is -1.01. The van der Waals surface area contributed by atoms with Gasteiger partial charge in [-0.2, -0.15) is 4.98 Å². The summed E-state index contributed by atoms with van der Waals surface area (Å²) in [4.78, 5) is 30.2. The van der Waals surface area contributed by atoms with Gasteiger partial charge < -0.3 is 24.1 Å². The number of carboxylic acids is 1. The lowest BCUT2D eigenvalue weighted by Crippen LogP contribution is -2.33. The molecular weight excluding hydrogens is 527 g/mol. The van der Waals surface area contributed by atoms with Crippen LogP contribution in [0.4, 0.5) is 4.39 Å². The summed E-state index contributed by atoms with van der Waals surface area (Å²) in [5.74, 6) is 0.382. The normalized spacial score (nSPS) is 17.7. The Hall–Kier alpha value is -3.80. The summed E-state index contributed by atoms with van der Waals surface area (Å²) in [5, 5.41) is 9.69. The van der Waals surface area contributed by atoms with Crippen LogP contribution in [0.1, 0.15) is 40.5 Å². The highest BCUT2D eigenvalue weighted by Crippen LogP contribution is 2.26. The summed E-state index contributed by atoms with van der Waals surface area (Å²) in [5.41, 5.74) is 2.87. The number of imidazole rings is 1. The Morgan fingerprint density at radius 1 is 1.28 bits per heavy atom. The van der Waals surface area contributed by atoms with Gasteiger partial charge in [0.15, 0.2) is 11.5 Å². The maximum absolute atomic E-state index is 14.1. The number of fused-ring (bicyclic) bond motifs is 1. The van der Waals surface area contributed by atoms with E-state index in [2.05, 4.69) is 30.5 Å². The summed E-state index contributed by atoms with van der Waals surface area (Å²) in [6.45, 7) is 3.48. The van der Waals surface area contributed by atoms with E-state index >= 15 is 0 Å². The lowest BCUT2D eigenvalue weighted by molar-refractivity contribution is -0.0591. The van der Waals surface area contributed by atoms with E-state index in [1.807, 2.05) is 0 Å². The molecule has 12 heteroatoms. The number of aromatic carboxylic acids is 1. The summed E-state index contributed by atoms with van der Waals surface area (Å²) >= 11 is 5.82. The fraction of sp³-hybridized carbons (Fsp3) is 0.333. The zero-order chi connectivity index (χ0) is 26.9. The van der Waals surface area contributed by atoms with Gasteiger partial charge in [0.25, 0.3) is 0 Å². The van der Waals surface area contributed by atoms with E-state index in [9.17, 15) is 14.3 Å². The number of nitrogens with one attached hydrogen (secondary N) is 1. The van der Waals surface area contributed by atoms with Crippen LogP contribution >= 0.6 is 11.6 Å². The van der Waals surface area contributed by atoms with Gasteiger partial charge in [-0.1, -0.05) is 23.7 Å². The number of aromatic nitrogens is 5. The van der Waals surface area contributed by atoms with Crippen LogP contribution in [0.5, 0.6) is 5.88 Å². The largest absolute Gasteiger partial charge is 0.477 e.